The Morgan fingerprint density at radius 2 is 2.15 bits per heavy atom. The summed E-state index contributed by atoms with van der Waals surface area (Å²) in [4.78, 5) is 0. The molecule has 0 aromatic heterocycles. The van der Waals surface area contributed by atoms with Gasteiger partial charge < -0.3 is 0 Å². The summed E-state index contributed by atoms with van der Waals surface area (Å²) >= 11 is 4.68. The maximum absolute atomic E-state index is 4.31. The van der Waals surface area contributed by atoms with Gasteiger partial charge in [-0.15, -0.1) is 0 Å². The van der Waals surface area contributed by atoms with E-state index >= 15 is 0 Å². The van der Waals surface area contributed by atoms with Crippen LogP contribution in [-0.4, -0.2) is 25.2 Å². The number of hydrogen-bond donors (Lipinski definition) is 0. The predicted octanol–water partition coefficient (Wildman–Crippen LogP) is 3.20. The molecule has 0 aliphatic carbocycles. The van der Waals surface area contributed by atoms with Crippen LogP contribution >= 0.6 is 45.5 Å². The molecule has 0 fully saturated rings. The first-order chi connectivity index (χ1) is 6.25. The molecule has 13 heavy (non-hydrogen) atoms. The zero-order chi connectivity index (χ0) is 9.68. The smallest absolute Gasteiger partial charge is 0.179 e. The Hall–Kier alpha value is 0.730. The van der Waals surface area contributed by atoms with E-state index in [1.165, 1.54) is 25.7 Å². The molecule has 1 heterocycles. The van der Waals surface area contributed by atoms with Gasteiger partial charge in [-0.05, 0) is 29.0 Å². The van der Waals surface area contributed by atoms with Gasteiger partial charge in [0.1, 0.15) is 6.34 Å². The second kappa shape index (κ2) is 6.26. The van der Waals surface area contributed by atoms with Gasteiger partial charge in [0.15, 0.2) is 4.17 Å². The van der Waals surface area contributed by atoms with Gasteiger partial charge in [-0.1, -0.05) is 26.2 Å². The van der Waals surface area contributed by atoms with E-state index in [1.807, 2.05) is 6.34 Å². The van der Waals surface area contributed by atoms with Gasteiger partial charge in [-0.2, -0.15) is 5.10 Å². The Morgan fingerprint density at radius 1 is 1.38 bits per heavy atom. The standard InChI is InChI=1S/C8H15I2N3/c1-2-3-4-5-6-13-8(9)12(10)7-11-13/h7-8H,2-6H2,1H3. The van der Waals surface area contributed by atoms with Crippen molar-refractivity contribution in [3.8, 4) is 0 Å². The van der Waals surface area contributed by atoms with Crippen molar-refractivity contribution in [1.82, 2.24) is 8.12 Å². The molecule has 0 aromatic carbocycles. The van der Waals surface area contributed by atoms with Crippen molar-refractivity contribution in [2.45, 2.75) is 36.8 Å². The molecular formula is C8H15I2N3. The fourth-order valence-corrected chi connectivity index (χ4v) is 2.18. The van der Waals surface area contributed by atoms with Crippen molar-refractivity contribution in [3.63, 3.8) is 0 Å². The largest absolute Gasteiger partial charge is 0.271 e. The summed E-state index contributed by atoms with van der Waals surface area (Å²) in [6.07, 6.45) is 7.12. The molecule has 0 saturated carbocycles. The van der Waals surface area contributed by atoms with Crippen molar-refractivity contribution in [3.05, 3.63) is 0 Å². The van der Waals surface area contributed by atoms with Crippen molar-refractivity contribution >= 4 is 51.8 Å². The minimum atomic E-state index is 0.403. The number of alkyl halides is 1. The van der Waals surface area contributed by atoms with Crippen molar-refractivity contribution in [2.24, 2.45) is 5.10 Å². The highest BCUT2D eigenvalue weighted by atomic mass is 127. The van der Waals surface area contributed by atoms with Crippen LogP contribution < -0.4 is 0 Å². The Balaban J connectivity index is 2.12. The highest BCUT2D eigenvalue weighted by molar-refractivity contribution is 14.1. The molecule has 0 spiro atoms. The van der Waals surface area contributed by atoms with Crippen LogP contribution in [0.2, 0.25) is 0 Å². The molecule has 0 saturated heterocycles. The molecule has 3 nitrogen and oxygen atoms in total. The first kappa shape index (κ1) is 11.8. The monoisotopic (exact) mass is 407 g/mol. The Kier molecular flexibility index (Phi) is 5.68. The first-order valence-corrected chi connectivity index (χ1v) is 6.85. The fourth-order valence-electron chi connectivity index (χ4n) is 1.22. The Labute approximate surface area is 108 Å². The van der Waals surface area contributed by atoms with Crippen LogP contribution in [0.5, 0.6) is 0 Å². The highest BCUT2D eigenvalue weighted by Crippen LogP contribution is 2.22. The van der Waals surface area contributed by atoms with Gasteiger partial charge in [0, 0.05) is 6.54 Å². The van der Waals surface area contributed by atoms with Crippen LogP contribution in [0.25, 0.3) is 0 Å². The SMILES string of the molecule is CCCCCCN1N=CN(I)C1I. The molecule has 0 radical (unpaired) electrons. The third-order valence-electron chi connectivity index (χ3n) is 2.00. The molecule has 1 unspecified atom stereocenters. The molecular weight excluding hydrogens is 392 g/mol. The lowest BCUT2D eigenvalue weighted by Gasteiger charge is -2.21. The summed E-state index contributed by atoms with van der Waals surface area (Å²) in [5.41, 5.74) is 0. The lowest BCUT2D eigenvalue weighted by atomic mass is 10.2. The third kappa shape index (κ3) is 3.77. The Bertz CT molecular complexity index is 175. The second-order valence-corrected chi connectivity index (χ2v) is 5.34. The summed E-state index contributed by atoms with van der Waals surface area (Å²) in [5.74, 6) is 0. The van der Waals surface area contributed by atoms with E-state index < -0.39 is 0 Å². The van der Waals surface area contributed by atoms with Gasteiger partial charge in [-0.3, -0.25) is 8.12 Å². The lowest BCUT2D eigenvalue weighted by molar-refractivity contribution is 0.265. The van der Waals surface area contributed by atoms with E-state index in [4.69, 9.17) is 0 Å². The average Bonchev–Trinajstić information content (AvgIpc) is 2.43. The number of halogens is 2. The topological polar surface area (TPSA) is 18.8 Å². The number of unbranched alkanes of at least 4 members (excludes halogenated alkanes) is 3. The van der Waals surface area contributed by atoms with E-state index in [1.54, 1.807) is 0 Å². The van der Waals surface area contributed by atoms with E-state index in [-0.39, 0.29) is 0 Å². The van der Waals surface area contributed by atoms with E-state index in [0.717, 1.165) is 6.54 Å². The third-order valence-corrected chi connectivity index (χ3v) is 5.09. The molecule has 0 aromatic rings. The zero-order valence-electron chi connectivity index (χ0n) is 7.79. The summed E-state index contributed by atoms with van der Waals surface area (Å²) in [5, 5.41) is 6.46. The maximum Gasteiger partial charge on any atom is 0.179 e. The van der Waals surface area contributed by atoms with Crippen LogP contribution in [0, 0.1) is 0 Å². The molecule has 0 bridgehead atoms. The number of hydrazone groups is 1. The number of hydrogen-bond acceptors (Lipinski definition) is 3. The molecule has 1 aliphatic heterocycles. The normalized spacial score (nSPS) is 21.6. The molecule has 76 valence electrons. The Morgan fingerprint density at radius 3 is 2.69 bits per heavy atom. The highest BCUT2D eigenvalue weighted by Gasteiger charge is 2.22. The summed E-state index contributed by atoms with van der Waals surface area (Å²) < 4.78 is 2.50. The van der Waals surface area contributed by atoms with Crippen molar-refractivity contribution in [1.29, 1.82) is 0 Å². The fraction of sp³-hybridized carbons (Fsp3) is 0.875. The maximum atomic E-state index is 4.31. The molecule has 1 atom stereocenters. The lowest BCUT2D eigenvalue weighted by Crippen LogP contribution is -2.29. The van der Waals surface area contributed by atoms with Crippen molar-refractivity contribution < 1.29 is 0 Å². The molecule has 1 rings (SSSR count). The van der Waals surface area contributed by atoms with Crippen LogP contribution in [-0.2, 0) is 0 Å². The predicted molar refractivity (Wildman–Crippen MR) is 73.0 cm³/mol. The summed E-state index contributed by atoms with van der Waals surface area (Å²) in [6.45, 7) is 3.32. The minimum Gasteiger partial charge on any atom is -0.271 e. The van der Waals surface area contributed by atoms with Crippen LogP contribution in [0.4, 0.5) is 0 Å². The number of nitrogens with zero attached hydrogens (tertiary/aromatic N) is 3. The quantitative estimate of drug-likeness (QED) is 0.229. The van der Waals surface area contributed by atoms with Gasteiger partial charge in [0.25, 0.3) is 0 Å². The van der Waals surface area contributed by atoms with E-state index in [0.29, 0.717) is 4.17 Å². The molecule has 0 amide bonds. The minimum absolute atomic E-state index is 0.403. The van der Waals surface area contributed by atoms with Gasteiger partial charge in [-0.25, -0.2) is 0 Å². The summed E-state index contributed by atoms with van der Waals surface area (Å²) in [7, 11) is 0. The van der Waals surface area contributed by atoms with Gasteiger partial charge in [0.2, 0.25) is 0 Å². The summed E-state index contributed by atoms with van der Waals surface area (Å²) in [6, 6.07) is 0. The van der Waals surface area contributed by atoms with Crippen molar-refractivity contribution in [2.75, 3.05) is 6.54 Å². The molecule has 0 N–H and O–H groups in total. The van der Waals surface area contributed by atoms with Crippen LogP contribution in [0.3, 0.4) is 0 Å². The van der Waals surface area contributed by atoms with Gasteiger partial charge >= 0.3 is 0 Å². The van der Waals surface area contributed by atoms with Crippen LogP contribution in [0.1, 0.15) is 32.6 Å². The zero-order valence-corrected chi connectivity index (χ0v) is 12.1. The average molecular weight is 407 g/mol. The van der Waals surface area contributed by atoms with Gasteiger partial charge in [0.05, 0.1) is 22.9 Å². The second-order valence-electron chi connectivity index (χ2n) is 3.11. The number of rotatable bonds is 5. The molecule has 5 heteroatoms. The first-order valence-electron chi connectivity index (χ1n) is 4.64. The van der Waals surface area contributed by atoms with E-state index in [9.17, 15) is 0 Å². The molecule has 1 aliphatic rings. The van der Waals surface area contributed by atoms with Crippen LogP contribution in [0.15, 0.2) is 5.10 Å². The van der Waals surface area contributed by atoms with E-state index in [2.05, 4.69) is 65.6 Å².